The number of hydrogen-bond acceptors (Lipinski definition) is 3. The largest absolute Gasteiger partial charge is 0.480 e. The van der Waals surface area contributed by atoms with Crippen LogP contribution < -0.4 is 10.6 Å². The number of carbonyl (C=O) groups excluding carboxylic acids is 1. The van der Waals surface area contributed by atoms with Crippen LogP contribution in [0.2, 0.25) is 0 Å². The number of rotatable bonds is 8. The van der Waals surface area contributed by atoms with Crippen molar-refractivity contribution < 1.29 is 14.7 Å². The molecule has 1 aromatic carbocycles. The second-order valence-electron chi connectivity index (χ2n) is 5.44. The van der Waals surface area contributed by atoms with Crippen LogP contribution in [0.15, 0.2) is 24.3 Å². The quantitative estimate of drug-likeness (QED) is 0.687. The van der Waals surface area contributed by atoms with Crippen LogP contribution >= 0.6 is 0 Å². The molecular weight excluding hydrogens is 268 g/mol. The Kier molecular flexibility index (Phi) is 6.88. The molecule has 0 heterocycles. The van der Waals surface area contributed by atoms with E-state index in [1.54, 1.807) is 13.8 Å². The Morgan fingerprint density at radius 1 is 1.19 bits per heavy atom. The van der Waals surface area contributed by atoms with Gasteiger partial charge in [0.05, 0.1) is 6.54 Å². The van der Waals surface area contributed by atoms with Gasteiger partial charge in [0, 0.05) is 5.69 Å². The Hall–Kier alpha value is -1.88. The summed E-state index contributed by atoms with van der Waals surface area (Å²) in [6.45, 7) is 5.70. The minimum absolute atomic E-state index is 0.0220. The molecule has 0 aromatic heterocycles. The Labute approximate surface area is 125 Å². The number of aliphatic carboxylic acids is 1. The highest BCUT2D eigenvalue weighted by atomic mass is 16.4. The van der Waals surface area contributed by atoms with E-state index in [-0.39, 0.29) is 18.4 Å². The molecular formula is C16H24N2O3. The number of aryl methyl sites for hydroxylation is 1. The Balaban J connectivity index is 2.48. The lowest BCUT2D eigenvalue weighted by Gasteiger charge is -2.17. The summed E-state index contributed by atoms with van der Waals surface area (Å²) >= 11 is 0. The van der Waals surface area contributed by atoms with Crippen LogP contribution in [0.1, 0.15) is 32.8 Å². The summed E-state index contributed by atoms with van der Waals surface area (Å²) in [7, 11) is 0. The number of nitrogens with one attached hydrogen (secondary N) is 2. The van der Waals surface area contributed by atoms with E-state index >= 15 is 0 Å². The molecule has 0 aliphatic heterocycles. The summed E-state index contributed by atoms with van der Waals surface area (Å²) in [6, 6.07) is 6.98. The third-order valence-corrected chi connectivity index (χ3v) is 3.19. The first-order valence-electron chi connectivity index (χ1n) is 7.29. The number of benzene rings is 1. The molecule has 0 radical (unpaired) electrons. The molecule has 1 rings (SSSR count). The number of carbonyl (C=O) groups is 2. The van der Waals surface area contributed by atoms with Crippen LogP contribution in [0.3, 0.4) is 0 Å². The summed E-state index contributed by atoms with van der Waals surface area (Å²) in [4.78, 5) is 22.8. The summed E-state index contributed by atoms with van der Waals surface area (Å²) < 4.78 is 0. The lowest BCUT2D eigenvalue weighted by Crippen LogP contribution is -2.44. The lowest BCUT2D eigenvalue weighted by molar-refractivity contribution is -0.140. The molecule has 0 bridgehead atoms. The third kappa shape index (κ3) is 5.95. The topological polar surface area (TPSA) is 78.4 Å². The third-order valence-electron chi connectivity index (χ3n) is 3.19. The van der Waals surface area contributed by atoms with Gasteiger partial charge < -0.3 is 10.4 Å². The average Bonchev–Trinajstić information content (AvgIpc) is 2.40. The van der Waals surface area contributed by atoms with Crippen molar-refractivity contribution in [3.8, 4) is 0 Å². The van der Waals surface area contributed by atoms with E-state index in [4.69, 9.17) is 5.11 Å². The molecule has 0 spiro atoms. The van der Waals surface area contributed by atoms with Crippen molar-refractivity contribution in [3.63, 3.8) is 0 Å². The standard InChI is InChI=1S/C16H24N2O3/c1-4-5-12-6-8-13(9-7-12)18-14(19)10-17-15(11(2)3)16(20)21/h6-9,11,15,17H,4-5,10H2,1-3H3,(H,18,19)(H,20,21). The van der Waals surface area contributed by atoms with Crippen molar-refractivity contribution in [2.75, 3.05) is 11.9 Å². The highest BCUT2D eigenvalue weighted by molar-refractivity contribution is 5.92. The smallest absolute Gasteiger partial charge is 0.320 e. The molecule has 1 unspecified atom stereocenters. The van der Waals surface area contributed by atoms with Crippen molar-refractivity contribution in [1.29, 1.82) is 0 Å². The first kappa shape index (κ1) is 17.2. The summed E-state index contributed by atoms with van der Waals surface area (Å²) in [5.41, 5.74) is 1.96. The van der Waals surface area contributed by atoms with E-state index in [1.807, 2.05) is 24.3 Å². The molecule has 0 aliphatic rings. The summed E-state index contributed by atoms with van der Waals surface area (Å²) in [6.07, 6.45) is 2.10. The molecule has 1 atom stereocenters. The second kappa shape index (κ2) is 8.42. The number of hydrogen-bond donors (Lipinski definition) is 3. The van der Waals surface area contributed by atoms with Crippen LogP contribution in [0.4, 0.5) is 5.69 Å². The zero-order valence-corrected chi connectivity index (χ0v) is 12.8. The van der Waals surface area contributed by atoms with E-state index in [9.17, 15) is 9.59 Å². The summed E-state index contributed by atoms with van der Waals surface area (Å²) in [5.74, 6) is -1.27. The molecule has 5 nitrogen and oxygen atoms in total. The molecule has 1 aromatic rings. The molecule has 0 aliphatic carbocycles. The van der Waals surface area contributed by atoms with Crippen molar-refractivity contribution in [1.82, 2.24) is 5.32 Å². The fourth-order valence-corrected chi connectivity index (χ4v) is 2.06. The minimum atomic E-state index is -0.943. The van der Waals surface area contributed by atoms with Gasteiger partial charge in [0.15, 0.2) is 0 Å². The van der Waals surface area contributed by atoms with E-state index in [0.29, 0.717) is 0 Å². The second-order valence-corrected chi connectivity index (χ2v) is 5.44. The number of amides is 1. The van der Waals surface area contributed by atoms with Crippen molar-refractivity contribution in [2.45, 2.75) is 39.7 Å². The van der Waals surface area contributed by atoms with E-state index in [2.05, 4.69) is 17.6 Å². The fourth-order valence-electron chi connectivity index (χ4n) is 2.06. The first-order chi connectivity index (χ1) is 9.93. The van der Waals surface area contributed by atoms with E-state index in [0.717, 1.165) is 18.5 Å². The van der Waals surface area contributed by atoms with Crippen molar-refractivity contribution >= 4 is 17.6 Å². The maximum absolute atomic E-state index is 11.8. The first-order valence-corrected chi connectivity index (χ1v) is 7.29. The van der Waals surface area contributed by atoms with E-state index in [1.165, 1.54) is 5.56 Å². The predicted octanol–water partition coefficient (Wildman–Crippen LogP) is 2.28. The Bertz CT molecular complexity index is 469. The highest BCUT2D eigenvalue weighted by Gasteiger charge is 2.21. The molecule has 116 valence electrons. The van der Waals surface area contributed by atoms with Crippen LogP contribution in [-0.2, 0) is 16.0 Å². The zero-order chi connectivity index (χ0) is 15.8. The van der Waals surface area contributed by atoms with Crippen LogP contribution in [0, 0.1) is 5.92 Å². The molecule has 5 heteroatoms. The van der Waals surface area contributed by atoms with Gasteiger partial charge in [-0.3, -0.25) is 14.9 Å². The number of anilines is 1. The number of carboxylic acid groups (broad SMARTS) is 1. The van der Waals surface area contributed by atoms with Crippen LogP contribution in [-0.4, -0.2) is 29.6 Å². The van der Waals surface area contributed by atoms with Crippen LogP contribution in [0.5, 0.6) is 0 Å². The van der Waals surface area contributed by atoms with Crippen molar-refractivity contribution in [3.05, 3.63) is 29.8 Å². The minimum Gasteiger partial charge on any atom is -0.480 e. The number of carboxylic acids is 1. The molecule has 21 heavy (non-hydrogen) atoms. The monoisotopic (exact) mass is 292 g/mol. The SMILES string of the molecule is CCCc1ccc(NC(=O)CNC(C(=O)O)C(C)C)cc1. The average molecular weight is 292 g/mol. The van der Waals surface area contributed by atoms with Gasteiger partial charge in [0.2, 0.25) is 5.91 Å². The molecule has 0 fully saturated rings. The van der Waals surface area contributed by atoms with Crippen molar-refractivity contribution in [2.24, 2.45) is 5.92 Å². The molecule has 3 N–H and O–H groups in total. The van der Waals surface area contributed by atoms with Crippen LogP contribution in [0.25, 0.3) is 0 Å². The molecule has 1 amide bonds. The van der Waals surface area contributed by atoms with Gasteiger partial charge in [-0.1, -0.05) is 39.3 Å². The van der Waals surface area contributed by atoms with Gasteiger partial charge >= 0.3 is 5.97 Å². The Morgan fingerprint density at radius 3 is 2.29 bits per heavy atom. The normalized spacial score (nSPS) is 12.2. The van der Waals surface area contributed by atoms with Gasteiger partial charge in [-0.15, -0.1) is 0 Å². The Morgan fingerprint density at radius 2 is 1.81 bits per heavy atom. The molecule has 0 saturated heterocycles. The van der Waals surface area contributed by atoms with Gasteiger partial charge in [0.1, 0.15) is 6.04 Å². The predicted molar refractivity (Wildman–Crippen MR) is 83.3 cm³/mol. The highest BCUT2D eigenvalue weighted by Crippen LogP contribution is 2.11. The lowest BCUT2D eigenvalue weighted by atomic mass is 10.1. The maximum atomic E-state index is 11.8. The van der Waals surface area contributed by atoms with Gasteiger partial charge in [-0.25, -0.2) is 0 Å². The molecule has 0 saturated carbocycles. The summed E-state index contributed by atoms with van der Waals surface area (Å²) in [5, 5.41) is 14.5. The van der Waals surface area contributed by atoms with E-state index < -0.39 is 12.0 Å². The van der Waals surface area contributed by atoms with Gasteiger partial charge in [-0.2, -0.15) is 0 Å². The zero-order valence-electron chi connectivity index (χ0n) is 12.8. The maximum Gasteiger partial charge on any atom is 0.320 e. The van der Waals surface area contributed by atoms with Gasteiger partial charge in [-0.05, 0) is 30.0 Å². The van der Waals surface area contributed by atoms with Gasteiger partial charge in [0.25, 0.3) is 0 Å². The fraction of sp³-hybridized carbons (Fsp3) is 0.500.